The number of nitrogens with zero attached hydrogens (tertiary/aromatic N) is 4. The molecule has 0 amide bonds. The van der Waals surface area contributed by atoms with Crippen LogP contribution < -0.4 is 0 Å². The molecule has 0 aliphatic carbocycles. The molecule has 0 aliphatic rings. The quantitative estimate of drug-likeness (QED) is 0.152. The fourth-order valence-corrected chi connectivity index (χ4v) is 11.5. The highest BCUT2D eigenvalue weighted by molar-refractivity contribution is 6.17. The number of benzene rings is 10. The second-order valence-electron chi connectivity index (χ2n) is 18.9. The van der Waals surface area contributed by atoms with Gasteiger partial charge in [-0.05, 0) is 114 Å². The molecule has 10 aromatic carbocycles. The van der Waals surface area contributed by atoms with Crippen molar-refractivity contribution >= 4 is 87.2 Å². The molecule has 14 aromatic rings. The van der Waals surface area contributed by atoms with Crippen LogP contribution in [0.25, 0.3) is 121 Å². The first-order valence-electron chi connectivity index (χ1n) is 23.8. The van der Waals surface area contributed by atoms with Crippen LogP contribution >= 0.6 is 0 Å². The van der Waals surface area contributed by atoms with E-state index in [0.29, 0.717) is 5.92 Å². The first-order chi connectivity index (χ1) is 33.6. The summed E-state index contributed by atoms with van der Waals surface area (Å²) in [6, 6.07) is 83.3. The molecule has 0 atom stereocenters. The van der Waals surface area contributed by atoms with Crippen LogP contribution in [0.15, 0.2) is 224 Å². The Bertz CT molecular complexity index is 4200. The summed E-state index contributed by atoms with van der Waals surface area (Å²) in [6.45, 7) is 4.60. The minimum atomic E-state index is 0.574. The molecule has 0 saturated heterocycles. The summed E-state index contributed by atoms with van der Waals surface area (Å²) in [5.74, 6) is 0.574. The molecule has 14 rings (SSSR count). The first-order valence-corrected chi connectivity index (χ1v) is 23.8. The monoisotopic (exact) mass is 870 g/mol. The van der Waals surface area contributed by atoms with Crippen LogP contribution in [0.2, 0.25) is 0 Å². The molecule has 4 heteroatoms. The van der Waals surface area contributed by atoms with Crippen molar-refractivity contribution in [3.05, 3.63) is 230 Å². The third kappa shape index (κ3) is 5.74. The van der Waals surface area contributed by atoms with E-state index in [9.17, 15) is 0 Å². The van der Waals surface area contributed by atoms with Gasteiger partial charge in [-0.15, -0.1) is 0 Å². The molecular weight excluding hydrogens is 825 g/mol. The second-order valence-corrected chi connectivity index (χ2v) is 18.9. The van der Waals surface area contributed by atoms with Gasteiger partial charge >= 0.3 is 0 Å². The van der Waals surface area contributed by atoms with Crippen LogP contribution in [0, 0.1) is 5.92 Å². The summed E-state index contributed by atoms with van der Waals surface area (Å²) >= 11 is 0. The Morgan fingerprint density at radius 1 is 0.294 bits per heavy atom. The molecular formula is C64H46N4. The maximum absolute atomic E-state index is 2.52. The van der Waals surface area contributed by atoms with Crippen LogP contribution in [0.4, 0.5) is 0 Å². The summed E-state index contributed by atoms with van der Waals surface area (Å²) in [7, 11) is 0. The van der Waals surface area contributed by atoms with Gasteiger partial charge < -0.3 is 18.3 Å². The van der Waals surface area contributed by atoms with Gasteiger partial charge in [0.1, 0.15) is 0 Å². The van der Waals surface area contributed by atoms with E-state index in [2.05, 4.69) is 257 Å². The minimum absolute atomic E-state index is 0.574. The predicted molar refractivity (Wildman–Crippen MR) is 288 cm³/mol. The summed E-state index contributed by atoms with van der Waals surface area (Å²) < 4.78 is 9.96. The lowest BCUT2D eigenvalue weighted by molar-refractivity contribution is 0.647. The number of rotatable bonds is 7. The lowest BCUT2D eigenvalue weighted by atomic mass is 10.0. The highest BCUT2D eigenvalue weighted by Crippen LogP contribution is 2.44. The van der Waals surface area contributed by atoms with Crippen LogP contribution in [0.1, 0.15) is 19.4 Å². The fraction of sp³-hybridized carbons (Fsp3) is 0.0625. The van der Waals surface area contributed by atoms with Crippen LogP contribution in [0.3, 0.4) is 0 Å². The SMILES string of the molecule is CC(C)Cc1ccc2c3ccccc3n(-c3ccc(-n4c5ccc(-c6ccccc6)cc5c5cc(-n6c7ccccc7c7ccccc76)cc(-n6c7ccccc7c7ccccc76)c54)cc3)c2c1. The predicted octanol–water partition coefficient (Wildman–Crippen LogP) is 16.9. The molecule has 0 fully saturated rings. The third-order valence-electron chi connectivity index (χ3n) is 14.3. The molecule has 0 aliphatic heterocycles. The molecule has 0 N–H and O–H groups in total. The van der Waals surface area contributed by atoms with Crippen LogP contribution in [0.5, 0.6) is 0 Å². The first kappa shape index (κ1) is 38.6. The lowest BCUT2D eigenvalue weighted by Gasteiger charge is -2.18. The van der Waals surface area contributed by atoms with Gasteiger partial charge in [0.05, 0.1) is 49.8 Å². The lowest BCUT2D eigenvalue weighted by Crippen LogP contribution is -2.03. The Morgan fingerprint density at radius 3 is 1.29 bits per heavy atom. The van der Waals surface area contributed by atoms with Crippen molar-refractivity contribution in [3.63, 3.8) is 0 Å². The van der Waals surface area contributed by atoms with E-state index in [4.69, 9.17) is 0 Å². The average molecular weight is 871 g/mol. The topological polar surface area (TPSA) is 19.7 Å². The number of hydrogen-bond acceptors (Lipinski definition) is 0. The van der Waals surface area contributed by atoms with Crippen molar-refractivity contribution in [1.29, 1.82) is 0 Å². The van der Waals surface area contributed by atoms with Gasteiger partial charge in [0.2, 0.25) is 0 Å². The van der Waals surface area contributed by atoms with Crippen molar-refractivity contribution in [2.45, 2.75) is 20.3 Å². The zero-order valence-electron chi connectivity index (χ0n) is 37.9. The smallest absolute Gasteiger partial charge is 0.0784 e. The van der Waals surface area contributed by atoms with Crippen LogP contribution in [-0.4, -0.2) is 18.3 Å². The molecule has 0 radical (unpaired) electrons. The van der Waals surface area contributed by atoms with E-state index in [1.54, 1.807) is 0 Å². The fourth-order valence-electron chi connectivity index (χ4n) is 11.5. The van der Waals surface area contributed by atoms with Gasteiger partial charge in [-0.25, -0.2) is 0 Å². The van der Waals surface area contributed by atoms with Gasteiger partial charge in [0.15, 0.2) is 0 Å². The maximum atomic E-state index is 2.52. The molecule has 322 valence electrons. The zero-order chi connectivity index (χ0) is 45.0. The van der Waals surface area contributed by atoms with Crippen molar-refractivity contribution in [1.82, 2.24) is 18.3 Å². The second kappa shape index (κ2) is 15.0. The van der Waals surface area contributed by atoms with Crippen molar-refractivity contribution in [2.24, 2.45) is 5.92 Å². The minimum Gasteiger partial charge on any atom is -0.309 e. The third-order valence-corrected chi connectivity index (χ3v) is 14.3. The van der Waals surface area contributed by atoms with Crippen molar-refractivity contribution < 1.29 is 0 Å². The Labute approximate surface area is 393 Å². The van der Waals surface area contributed by atoms with E-state index in [1.165, 1.54) is 92.9 Å². The van der Waals surface area contributed by atoms with E-state index in [1.807, 2.05) is 0 Å². The maximum Gasteiger partial charge on any atom is 0.0784 e. The summed E-state index contributed by atoms with van der Waals surface area (Å²) in [5, 5.41) is 9.91. The van der Waals surface area contributed by atoms with Gasteiger partial charge in [0, 0.05) is 60.2 Å². The summed E-state index contributed by atoms with van der Waals surface area (Å²) in [6.07, 6.45) is 1.04. The van der Waals surface area contributed by atoms with E-state index < -0.39 is 0 Å². The Kier molecular flexibility index (Phi) is 8.50. The van der Waals surface area contributed by atoms with E-state index in [0.717, 1.165) is 40.2 Å². The molecule has 4 heterocycles. The normalized spacial score (nSPS) is 12.2. The Balaban J connectivity index is 1.10. The molecule has 4 nitrogen and oxygen atoms in total. The number of para-hydroxylation sites is 5. The van der Waals surface area contributed by atoms with Gasteiger partial charge in [-0.2, -0.15) is 0 Å². The Morgan fingerprint density at radius 2 is 0.750 bits per heavy atom. The molecule has 0 spiro atoms. The summed E-state index contributed by atoms with van der Waals surface area (Å²) in [5.41, 5.74) is 17.7. The molecule has 68 heavy (non-hydrogen) atoms. The Hall–Kier alpha value is -8.60. The highest BCUT2D eigenvalue weighted by Gasteiger charge is 2.24. The van der Waals surface area contributed by atoms with Crippen LogP contribution in [-0.2, 0) is 6.42 Å². The van der Waals surface area contributed by atoms with E-state index in [-0.39, 0.29) is 0 Å². The molecule has 0 unspecified atom stereocenters. The van der Waals surface area contributed by atoms with Gasteiger partial charge in [0.25, 0.3) is 0 Å². The number of hydrogen-bond donors (Lipinski definition) is 0. The average Bonchev–Trinajstić information content (AvgIpc) is 4.11. The van der Waals surface area contributed by atoms with Crippen molar-refractivity contribution in [2.75, 3.05) is 0 Å². The highest BCUT2D eigenvalue weighted by atomic mass is 15.1. The van der Waals surface area contributed by atoms with Gasteiger partial charge in [-0.3, -0.25) is 0 Å². The number of fused-ring (bicyclic) bond motifs is 12. The molecule has 0 bridgehead atoms. The standard InChI is InChI=1S/C64H46N4/c1-41(2)36-42-28-34-53-52-22-8-11-23-56(52)65(62(53)37-42)45-30-32-46(33-31-45)67-61-35-29-44(43-16-4-3-5-17-43)38-54(61)55-39-47(66-57-24-12-6-18-48(57)49-19-7-13-25-58(49)66)40-63(64(55)67)68-59-26-14-9-20-50(59)51-21-10-15-27-60(51)68/h3-35,37-41H,36H2,1-2H3. The molecule has 4 aromatic heterocycles. The molecule has 0 saturated carbocycles. The van der Waals surface area contributed by atoms with Crippen molar-refractivity contribution in [3.8, 4) is 33.9 Å². The number of aromatic nitrogens is 4. The van der Waals surface area contributed by atoms with Gasteiger partial charge in [-0.1, -0.05) is 153 Å². The zero-order valence-corrected chi connectivity index (χ0v) is 37.9. The largest absolute Gasteiger partial charge is 0.309 e. The summed E-state index contributed by atoms with van der Waals surface area (Å²) in [4.78, 5) is 0. The van der Waals surface area contributed by atoms with E-state index >= 15 is 0 Å².